The summed E-state index contributed by atoms with van der Waals surface area (Å²) in [6.07, 6.45) is 1.09. The molecule has 1 saturated heterocycles. The van der Waals surface area contributed by atoms with Gasteiger partial charge in [-0.15, -0.1) is 0 Å². The standard InChI is InChI=1S/C15H17NO4/c1-9-6-11(8-20-9)14(17)16-12-5-3-2-4-10(12)7-13(16)15(18)19/h2-5,9,11,13H,6-8H2,1H3,(H,18,19). The van der Waals surface area contributed by atoms with Crippen LogP contribution in [0.25, 0.3) is 0 Å². The van der Waals surface area contributed by atoms with Gasteiger partial charge in [-0.2, -0.15) is 0 Å². The number of anilines is 1. The fourth-order valence-electron chi connectivity index (χ4n) is 3.04. The van der Waals surface area contributed by atoms with Gasteiger partial charge in [0.2, 0.25) is 5.91 Å². The number of ether oxygens (including phenoxy) is 1. The van der Waals surface area contributed by atoms with Crippen LogP contribution in [0.1, 0.15) is 18.9 Å². The molecule has 3 atom stereocenters. The lowest BCUT2D eigenvalue weighted by Crippen LogP contribution is -2.45. The second-order valence-electron chi connectivity index (χ2n) is 5.47. The fraction of sp³-hybridized carbons (Fsp3) is 0.467. The Morgan fingerprint density at radius 1 is 1.35 bits per heavy atom. The van der Waals surface area contributed by atoms with Crippen molar-refractivity contribution < 1.29 is 19.4 Å². The first-order chi connectivity index (χ1) is 9.58. The van der Waals surface area contributed by atoms with E-state index in [-0.39, 0.29) is 17.9 Å². The number of fused-ring (bicyclic) bond motifs is 1. The van der Waals surface area contributed by atoms with E-state index < -0.39 is 12.0 Å². The minimum Gasteiger partial charge on any atom is -0.480 e. The predicted molar refractivity (Wildman–Crippen MR) is 72.6 cm³/mol. The van der Waals surface area contributed by atoms with E-state index in [1.54, 1.807) is 0 Å². The highest BCUT2D eigenvalue weighted by atomic mass is 16.5. The first kappa shape index (κ1) is 13.1. The highest BCUT2D eigenvalue weighted by molar-refractivity contribution is 6.03. The summed E-state index contributed by atoms with van der Waals surface area (Å²) in [5.74, 6) is -1.33. The van der Waals surface area contributed by atoms with Crippen LogP contribution in [0.2, 0.25) is 0 Å². The molecule has 3 rings (SSSR count). The van der Waals surface area contributed by atoms with Crippen molar-refractivity contribution in [3.05, 3.63) is 29.8 Å². The van der Waals surface area contributed by atoms with Crippen LogP contribution >= 0.6 is 0 Å². The van der Waals surface area contributed by atoms with Crippen LogP contribution in [0, 0.1) is 5.92 Å². The van der Waals surface area contributed by atoms with E-state index in [9.17, 15) is 14.7 Å². The van der Waals surface area contributed by atoms with Crippen LogP contribution < -0.4 is 4.90 Å². The highest BCUT2D eigenvalue weighted by Gasteiger charge is 2.42. The smallest absolute Gasteiger partial charge is 0.327 e. The Kier molecular flexibility index (Phi) is 3.22. The Morgan fingerprint density at radius 3 is 2.75 bits per heavy atom. The Morgan fingerprint density at radius 2 is 2.10 bits per heavy atom. The van der Waals surface area contributed by atoms with Gasteiger partial charge < -0.3 is 9.84 Å². The number of amides is 1. The summed E-state index contributed by atoms with van der Waals surface area (Å²) in [4.78, 5) is 25.5. The van der Waals surface area contributed by atoms with E-state index in [0.717, 1.165) is 11.3 Å². The van der Waals surface area contributed by atoms with E-state index in [1.807, 2.05) is 31.2 Å². The fourth-order valence-corrected chi connectivity index (χ4v) is 3.04. The molecule has 0 spiro atoms. The van der Waals surface area contributed by atoms with Gasteiger partial charge in [0.05, 0.1) is 18.6 Å². The lowest BCUT2D eigenvalue weighted by molar-refractivity contribution is -0.140. The zero-order chi connectivity index (χ0) is 14.3. The molecule has 1 fully saturated rings. The number of carbonyl (C=O) groups is 2. The second kappa shape index (κ2) is 4.90. The van der Waals surface area contributed by atoms with Crippen LogP contribution in [-0.4, -0.2) is 35.7 Å². The predicted octanol–water partition coefficient (Wildman–Crippen LogP) is 1.45. The van der Waals surface area contributed by atoms with E-state index >= 15 is 0 Å². The molecule has 106 valence electrons. The van der Waals surface area contributed by atoms with Gasteiger partial charge in [0.25, 0.3) is 0 Å². The topological polar surface area (TPSA) is 66.8 Å². The van der Waals surface area contributed by atoms with Crippen molar-refractivity contribution in [2.24, 2.45) is 5.92 Å². The third-order valence-corrected chi connectivity index (χ3v) is 4.05. The molecule has 2 aliphatic rings. The summed E-state index contributed by atoms with van der Waals surface area (Å²) in [6.45, 7) is 2.31. The molecule has 1 aromatic rings. The van der Waals surface area contributed by atoms with Gasteiger partial charge in [-0.05, 0) is 25.0 Å². The molecule has 0 radical (unpaired) electrons. The number of carboxylic acid groups (broad SMARTS) is 1. The molecule has 5 nitrogen and oxygen atoms in total. The minimum absolute atomic E-state index is 0.0603. The van der Waals surface area contributed by atoms with Gasteiger partial charge in [0, 0.05) is 12.1 Å². The summed E-state index contributed by atoms with van der Waals surface area (Å²) in [6, 6.07) is 6.60. The number of hydrogen-bond acceptors (Lipinski definition) is 3. The Balaban J connectivity index is 1.92. The Hall–Kier alpha value is -1.88. The van der Waals surface area contributed by atoms with Gasteiger partial charge in [-0.25, -0.2) is 4.79 Å². The number of rotatable bonds is 2. The zero-order valence-electron chi connectivity index (χ0n) is 11.3. The van der Waals surface area contributed by atoms with Crippen LogP contribution in [0.4, 0.5) is 5.69 Å². The third kappa shape index (κ3) is 2.08. The minimum atomic E-state index is -0.957. The van der Waals surface area contributed by atoms with Crippen molar-refractivity contribution in [2.75, 3.05) is 11.5 Å². The van der Waals surface area contributed by atoms with Crippen molar-refractivity contribution in [3.63, 3.8) is 0 Å². The van der Waals surface area contributed by atoms with E-state index in [0.29, 0.717) is 19.4 Å². The van der Waals surface area contributed by atoms with E-state index in [1.165, 1.54) is 4.90 Å². The number of para-hydroxylation sites is 1. The lowest BCUT2D eigenvalue weighted by Gasteiger charge is -2.25. The van der Waals surface area contributed by atoms with Gasteiger partial charge >= 0.3 is 5.97 Å². The number of hydrogen-bond donors (Lipinski definition) is 1. The molecular formula is C15H17NO4. The molecule has 0 aliphatic carbocycles. The van der Waals surface area contributed by atoms with E-state index in [2.05, 4.69) is 0 Å². The second-order valence-corrected chi connectivity index (χ2v) is 5.47. The summed E-state index contributed by atoms with van der Waals surface area (Å²) in [5.41, 5.74) is 1.64. The number of carbonyl (C=O) groups excluding carboxylic acids is 1. The lowest BCUT2D eigenvalue weighted by atomic mass is 10.0. The van der Waals surface area contributed by atoms with Crippen LogP contribution in [-0.2, 0) is 20.7 Å². The number of benzene rings is 1. The maximum atomic E-state index is 12.7. The molecule has 0 saturated carbocycles. The van der Waals surface area contributed by atoms with E-state index in [4.69, 9.17) is 4.74 Å². The Labute approximate surface area is 117 Å². The van der Waals surface area contributed by atoms with Crippen molar-refractivity contribution in [1.82, 2.24) is 0 Å². The molecule has 20 heavy (non-hydrogen) atoms. The van der Waals surface area contributed by atoms with Crippen LogP contribution in [0.3, 0.4) is 0 Å². The van der Waals surface area contributed by atoms with Gasteiger partial charge in [-0.3, -0.25) is 9.69 Å². The highest BCUT2D eigenvalue weighted by Crippen LogP contribution is 2.35. The summed E-state index contributed by atoms with van der Waals surface area (Å²) >= 11 is 0. The maximum absolute atomic E-state index is 12.7. The van der Waals surface area contributed by atoms with Crippen molar-refractivity contribution in [1.29, 1.82) is 0 Å². The third-order valence-electron chi connectivity index (χ3n) is 4.05. The average Bonchev–Trinajstić information content (AvgIpc) is 3.01. The largest absolute Gasteiger partial charge is 0.480 e. The van der Waals surface area contributed by atoms with Gasteiger partial charge in [-0.1, -0.05) is 18.2 Å². The number of nitrogens with zero attached hydrogens (tertiary/aromatic N) is 1. The summed E-state index contributed by atoms with van der Waals surface area (Å²) in [7, 11) is 0. The van der Waals surface area contributed by atoms with Gasteiger partial charge in [0.1, 0.15) is 6.04 Å². The van der Waals surface area contributed by atoms with Crippen molar-refractivity contribution in [2.45, 2.75) is 31.9 Å². The van der Waals surface area contributed by atoms with Crippen molar-refractivity contribution in [3.8, 4) is 0 Å². The average molecular weight is 275 g/mol. The molecule has 0 aromatic heterocycles. The molecule has 2 aliphatic heterocycles. The first-order valence-electron chi connectivity index (χ1n) is 6.83. The van der Waals surface area contributed by atoms with Crippen molar-refractivity contribution >= 4 is 17.6 Å². The molecule has 1 amide bonds. The zero-order valence-corrected chi connectivity index (χ0v) is 11.3. The maximum Gasteiger partial charge on any atom is 0.327 e. The SMILES string of the molecule is CC1CC(C(=O)N2c3ccccc3CC2C(=O)O)CO1. The summed E-state index contributed by atoms with van der Waals surface area (Å²) < 4.78 is 5.43. The van der Waals surface area contributed by atoms with Crippen LogP contribution in [0.5, 0.6) is 0 Å². The molecular weight excluding hydrogens is 258 g/mol. The summed E-state index contributed by atoms with van der Waals surface area (Å²) in [5, 5.41) is 9.37. The molecule has 3 unspecified atom stereocenters. The number of aliphatic carboxylic acids is 1. The Bertz CT molecular complexity index is 557. The van der Waals surface area contributed by atoms with Crippen LogP contribution in [0.15, 0.2) is 24.3 Å². The van der Waals surface area contributed by atoms with Gasteiger partial charge in [0.15, 0.2) is 0 Å². The first-order valence-corrected chi connectivity index (χ1v) is 6.83. The molecule has 2 heterocycles. The monoisotopic (exact) mass is 275 g/mol. The number of carboxylic acids is 1. The quantitative estimate of drug-likeness (QED) is 0.887. The normalized spacial score (nSPS) is 28.4. The molecule has 5 heteroatoms. The molecule has 1 aromatic carbocycles. The molecule has 0 bridgehead atoms. The molecule has 1 N–H and O–H groups in total.